The van der Waals surface area contributed by atoms with E-state index in [1.807, 2.05) is 18.2 Å². The Morgan fingerprint density at radius 3 is 0.893 bits per heavy atom. The van der Waals surface area contributed by atoms with Gasteiger partial charge in [0.15, 0.2) is 6.10 Å². The van der Waals surface area contributed by atoms with Crippen LogP contribution in [0.25, 0.3) is 0 Å². The predicted molar refractivity (Wildman–Crippen MR) is 324 cm³/mol. The van der Waals surface area contributed by atoms with Crippen LogP contribution in [0.2, 0.25) is 0 Å². The van der Waals surface area contributed by atoms with Gasteiger partial charge in [0.2, 0.25) is 0 Å². The number of unbranched alkanes of at least 4 members (excludes halogenated alkanes) is 10. The van der Waals surface area contributed by atoms with Crippen molar-refractivity contribution in [2.24, 2.45) is 0 Å². The topological polar surface area (TPSA) is 78.9 Å². The second-order valence-electron chi connectivity index (χ2n) is 18.4. The zero-order valence-corrected chi connectivity index (χ0v) is 47.5. The number of esters is 3. The quantitative estimate of drug-likeness (QED) is 0.0261. The van der Waals surface area contributed by atoms with Gasteiger partial charge in [-0.3, -0.25) is 14.4 Å². The Hall–Kier alpha value is -5.49. The first-order valence-corrected chi connectivity index (χ1v) is 29.3. The monoisotopic (exact) mass is 1030 g/mol. The molecule has 75 heavy (non-hydrogen) atoms. The summed E-state index contributed by atoms with van der Waals surface area (Å²) in [6.45, 7) is 6.12. The van der Waals surface area contributed by atoms with E-state index in [1.54, 1.807) is 6.08 Å². The summed E-state index contributed by atoms with van der Waals surface area (Å²) in [5.74, 6) is -1.18. The molecule has 0 aromatic carbocycles. The van der Waals surface area contributed by atoms with Crippen LogP contribution in [0.5, 0.6) is 0 Å². The first-order chi connectivity index (χ1) is 37.0. The smallest absolute Gasteiger partial charge is 0.310 e. The molecule has 0 bridgehead atoms. The van der Waals surface area contributed by atoms with Crippen molar-refractivity contribution in [2.75, 3.05) is 13.2 Å². The number of hydrogen-bond donors (Lipinski definition) is 0. The molecule has 0 amide bonds. The SMILES string of the molecule is CC/C=C\C/C=C\C/C=C\C/C=C\C/C=C\C/C=C\CCCCCCCCCCCCC(=O)OCC(COC(=O)CC/C=C\C/C=C\C/C=C\C/C=C\CC)OC(=O)C/C=C\C/C=C\C/C=C\C/C=C\C/C=C\CC. The largest absolute Gasteiger partial charge is 0.462 e. The molecule has 0 aliphatic carbocycles. The lowest BCUT2D eigenvalue weighted by molar-refractivity contribution is -0.166. The zero-order chi connectivity index (χ0) is 54.3. The van der Waals surface area contributed by atoms with Gasteiger partial charge in [-0.1, -0.05) is 254 Å². The van der Waals surface area contributed by atoms with E-state index in [4.69, 9.17) is 14.2 Å². The first-order valence-electron chi connectivity index (χ1n) is 29.3. The van der Waals surface area contributed by atoms with Crippen molar-refractivity contribution in [1.82, 2.24) is 0 Å². The van der Waals surface area contributed by atoms with E-state index in [0.29, 0.717) is 19.3 Å². The molecule has 1 atom stereocenters. The van der Waals surface area contributed by atoms with Gasteiger partial charge in [0.05, 0.1) is 6.42 Å². The molecule has 0 saturated carbocycles. The normalized spacial score (nSPS) is 13.5. The van der Waals surface area contributed by atoms with Crippen LogP contribution in [-0.4, -0.2) is 37.2 Å². The third kappa shape index (κ3) is 59.3. The number of rotatable bonds is 50. The summed E-state index contributed by atoms with van der Waals surface area (Å²) in [4.78, 5) is 38.0. The molecular weight excluding hydrogens is 925 g/mol. The van der Waals surface area contributed by atoms with Crippen LogP contribution in [0, 0.1) is 0 Å². The molecule has 6 nitrogen and oxygen atoms in total. The van der Waals surface area contributed by atoms with E-state index in [9.17, 15) is 14.4 Å². The summed E-state index contributed by atoms with van der Waals surface area (Å²) >= 11 is 0. The van der Waals surface area contributed by atoms with Crippen molar-refractivity contribution in [3.63, 3.8) is 0 Å². The van der Waals surface area contributed by atoms with Crippen LogP contribution < -0.4 is 0 Å². The van der Waals surface area contributed by atoms with Crippen LogP contribution in [0.1, 0.15) is 213 Å². The highest BCUT2D eigenvalue weighted by molar-refractivity contribution is 5.72. The maximum absolute atomic E-state index is 12.8. The van der Waals surface area contributed by atoms with Crippen LogP contribution in [0.4, 0.5) is 0 Å². The average Bonchev–Trinajstić information content (AvgIpc) is 3.41. The minimum absolute atomic E-state index is 0.0722. The fourth-order valence-corrected chi connectivity index (χ4v) is 7.18. The number of ether oxygens (including phenoxy) is 3. The summed E-state index contributed by atoms with van der Waals surface area (Å²) in [5, 5.41) is 0. The highest BCUT2D eigenvalue weighted by Crippen LogP contribution is 2.13. The lowest BCUT2D eigenvalue weighted by Gasteiger charge is -2.18. The Labute approximate surface area is 459 Å². The predicted octanol–water partition coefficient (Wildman–Crippen LogP) is 20.1. The van der Waals surface area contributed by atoms with Gasteiger partial charge in [-0.25, -0.2) is 0 Å². The second-order valence-corrected chi connectivity index (χ2v) is 18.4. The third-order valence-electron chi connectivity index (χ3n) is 11.4. The fourth-order valence-electron chi connectivity index (χ4n) is 7.18. The number of carbonyl (C=O) groups is 3. The van der Waals surface area contributed by atoms with Gasteiger partial charge in [0, 0.05) is 12.8 Å². The van der Waals surface area contributed by atoms with Crippen molar-refractivity contribution in [2.45, 2.75) is 219 Å². The summed E-state index contributed by atoms with van der Waals surface area (Å²) in [5.41, 5.74) is 0. The Morgan fingerprint density at radius 2 is 0.547 bits per heavy atom. The Morgan fingerprint density at radius 1 is 0.280 bits per heavy atom. The van der Waals surface area contributed by atoms with Gasteiger partial charge in [0.1, 0.15) is 13.2 Å². The number of hydrogen-bond acceptors (Lipinski definition) is 6. The molecule has 0 rings (SSSR count). The van der Waals surface area contributed by atoms with Crippen molar-refractivity contribution in [1.29, 1.82) is 0 Å². The summed E-state index contributed by atoms with van der Waals surface area (Å²) in [6.07, 6.45) is 92.2. The van der Waals surface area contributed by atoms with Gasteiger partial charge >= 0.3 is 17.9 Å². The molecule has 0 heterocycles. The highest BCUT2D eigenvalue weighted by atomic mass is 16.6. The van der Waals surface area contributed by atoms with Crippen LogP contribution in [-0.2, 0) is 28.6 Å². The minimum Gasteiger partial charge on any atom is -0.462 e. The minimum atomic E-state index is -0.873. The van der Waals surface area contributed by atoms with Gasteiger partial charge in [-0.15, -0.1) is 0 Å². The molecular formula is C69H104O6. The molecule has 0 radical (unpaired) electrons. The number of allylic oxidation sites excluding steroid dienone is 29. The molecule has 0 aliphatic heterocycles. The lowest BCUT2D eigenvalue weighted by Crippen LogP contribution is -2.30. The molecule has 0 aromatic rings. The summed E-state index contributed by atoms with van der Waals surface area (Å²) in [7, 11) is 0. The standard InChI is InChI=1S/C69H104O6/c1-4-7-10-13-16-19-22-25-27-28-29-30-31-32-33-34-35-36-37-38-39-40-42-44-47-50-53-56-59-62-68(71)74-65-66(64-73-67(70)61-58-55-52-49-46-43-24-21-18-15-12-9-6-3)75-69(72)63-60-57-54-51-48-45-41-26-23-20-17-14-11-8-5-2/h7-12,16-21,25-27,29-30,32-33,35-36,41,43,46,48,51-52,55,57,60,66H,4-6,13-15,22-24,28,31,34,37-40,42,44-45,47,49-50,53-54,56,58-59,61-65H2,1-3H3/b10-7-,11-8-,12-9-,19-16-,20-17-,21-18-,27-25-,30-29-,33-32-,36-35-,41-26-,46-43-,51-48-,55-52-,60-57-. The van der Waals surface area contributed by atoms with E-state index >= 15 is 0 Å². The van der Waals surface area contributed by atoms with E-state index in [1.165, 1.54) is 44.9 Å². The summed E-state index contributed by atoms with van der Waals surface area (Å²) in [6, 6.07) is 0. The molecule has 0 fully saturated rings. The van der Waals surface area contributed by atoms with Gasteiger partial charge in [0.25, 0.3) is 0 Å². The lowest BCUT2D eigenvalue weighted by atomic mass is 10.1. The molecule has 0 N–H and O–H groups in total. The second kappa shape index (κ2) is 61.1. The maximum atomic E-state index is 12.8. The molecule has 416 valence electrons. The summed E-state index contributed by atoms with van der Waals surface area (Å²) < 4.78 is 16.6. The van der Waals surface area contributed by atoms with Crippen molar-refractivity contribution < 1.29 is 28.6 Å². The molecule has 6 heteroatoms. The Kier molecular flexibility index (Phi) is 56.6. The zero-order valence-electron chi connectivity index (χ0n) is 47.5. The van der Waals surface area contributed by atoms with Crippen LogP contribution in [0.15, 0.2) is 182 Å². The van der Waals surface area contributed by atoms with Crippen LogP contribution >= 0.6 is 0 Å². The van der Waals surface area contributed by atoms with Crippen molar-refractivity contribution in [3.8, 4) is 0 Å². The fraction of sp³-hybridized carbons (Fsp3) is 0.522. The molecule has 0 saturated heterocycles. The first kappa shape index (κ1) is 69.5. The number of carbonyl (C=O) groups excluding carboxylic acids is 3. The van der Waals surface area contributed by atoms with Gasteiger partial charge < -0.3 is 14.2 Å². The van der Waals surface area contributed by atoms with Crippen molar-refractivity contribution in [3.05, 3.63) is 182 Å². The maximum Gasteiger partial charge on any atom is 0.310 e. The molecule has 1 unspecified atom stereocenters. The Balaban J connectivity index is 4.43. The van der Waals surface area contributed by atoms with Crippen molar-refractivity contribution >= 4 is 17.9 Å². The Bertz CT molecular complexity index is 1800. The van der Waals surface area contributed by atoms with Gasteiger partial charge in [-0.2, -0.15) is 0 Å². The molecule has 0 spiro atoms. The van der Waals surface area contributed by atoms with E-state index in [-0.39, 0.29) is 38.0 Å². The van der Waals surface area contributed by atoms with E-state index in [0.717, 1.165) is 116 Å². The van der Waals surface area contributed by atoms with Crippen LogP contribution in [0.3, 0.4) is 0 Å². The third-order valence-corrected chi connectivity index (χ3v) is 11.4. The van der Waals surface area contributed by atoms with E-state index < -0.39 is 12.1 Å². The highest BCUT2D eigenvalue weighted by Gasteiger charge is 2.19. The average molecular weight is 1030 g/mol. The van der Waals surface area contributed by atoms with Gasteiger partial charge in [-0.05, 0) is 122 Å². The molecule has 0 aliphatic rings. The van der Waals surface area contributed by atoms with E-state index in [2.05, 4.69) is 179 Å². The molecule has 0 aromatic heterocycles.